The number of anilines is 2. The van der Waals surface area contributed by atoms with Crippen LogP contribution in [0.3, 0.4) is 0 Å². The fraction of sp³-hybridized carbons (Fsp3) is 0. The smallest absolute Gasteiger partial charge is 0.336 e. The zero-order valence-electron chi connectivity index (χ0n) is 14.8. The molecular formula is C19H11F4IN4O2. The number of benzene rings is 2. The Morgan fingerprint density at radius 1 is 0.967 bits per heavy atom. The number of carbonyl (C=O) groups is 2. The molecule has 3 aromatic rings. The van der Waals surface area contributed by atoms with E-state index in [1.807, 2.05) is 0 Å². The van der Waals surface area contributed by atoms with Crippen LogP contribution in [-0.2, 0) is 0 Å². The van der Waals surface area contributed by atoms with E-state index < -0.39 is 40.9 Å². The molecule has 154 valence electrons. The van der Waals surface area contributed by atoms with E-state index >= 15 is 0 Å². The summed E-state index contributed by atoms with van der Waals surface area (Å²) in [6.45, 7) is 0. The van der Waals surface area contributed by atoms with Gasteiger partial charge in [0.25, 0.3) is 5.91 Å². The largest absolute Gasteiger partial charge is 0.366 e. The summed E-state index contributed by atoms with van der Waals surface area (Å²) < 4.78 is 58.5. The van der Waals surface area contributed by atoms with Gasteiger partial charge in [-0.1, -0.05) is 6.07 Å². The lowest BCUT2D eigenvalue weighted by atomic mass is 10.0. The minimum atomic E-state index is -1.06. The molecule has 0 fully saturated rings. The third-order valence-electron chi connectivity index (χ3n) is 4.01. The highest BCUT2D eigenvalue weighted by Crippen LogP contribution is 2.33. The Morgan fingerprint density at radius 3 is 2.20 bits per heavy atom. The highest BCUT2D eigenvalue weighted by Gasteiger charge is 2.27. The number of rotatable bonds is 4. The summed E-state index contributed by atoms with van der Waals surface area (Å²) in [5.41, 5.74) is 3.70. The molecule has 1 aromatic heterocycles. The average Bonchev–Trinajstić information content (AvgIpc) is 2.70. The highest BCUT2D eigenvalue weighted by atomic mass is 127. The third kappa shape index (κ3) is 4.06. The van der Waals surface area contributed by atoms with Gasteiger partial charge in [0.15, 0.2) is 0 Å². The number of hydrogen-bond acceptors (Lipinski definition) is 3. The van der Waals surface area contributed by atoms with Crippen molar-refractivity contribution < 1.29 is 27.2 Å². The Bertz CT molecular complexity index is 1140. The Morgan fingerprint density at radius 2 is 1.63 bits per heavy atom. The summed E-state index contributed by atoms with van der Waals surface area (Å²) >= 11 is 1.46. The van der Waals surface area contributed by atoms with Crippen LogP contribution in [0.15, 0.2) is 48.5 Å². The zero-order valence-corrected chi connectivity index (χ0v) is 17.0. The molecule has 3 N–H and O–H groups in total. The number of amides is 3. The Balaban J connectivity index is 2.28. The Hall–Kier alpha value is -3.22. The lowest BCUT2D eigenvalue weighted by Crippen LogP contribution is -2.33. The molecule has 0 saturated carbocycles. The van der Waals surface area contributed by atoms with Crippen LogP contribution in [0.4, 0.5) is 33.9 Å². The van der Waals surface area contributed by atoms with Crippen LogP contribution in [0.5, 0.6) is 0 Å². The molecule has 0 aliphatic heterocycles. The maximum absolute atomic E-state index is 14.4. The predicted molar refractivity (Wildman–Crippen MR) is 109 cm³/mol. The number of pyridine rings is 1. The molecule has 0 bridgehead atoms. The van der Waals surface area contributed by atoms with Gasteiger partial charge in [-0.25, -0.2) is 32.2 Å². The number of hydrogen-bond donors (Lipinski definition) is 2. The van der Waals surface area contributed by atoms with E-state index in [-0.39, 0.29) is 22.6 Å². The summed E-state index contributed by atoms with van der Waals surface area (Å²) in [6, 6.07) is 6.77. The number of nitrogens with two attached hydrogens (primary N) is 1. The van der Waals surface area contributed by atoms with Crippen LogP contribution in [0.1, 0.15) is 10.4 Å². The normalized spacial score (nSPS) is 10.6. The molecule has 0 spiro atoms. The molecule has 2 aromatic carbocycles. The molecule has 0 aliphatic carbocycles. The second-order valence-electron chi connectivity index (χ2n) is 5.86. The van der Waals surface area contributed by atoms with E-state index in [0.717, 1.165) is 42.5 Å². The molecule has 0 atom stereocenters. The van der Waals surface area contributed by atoms with E-state index in [9.17, 15) is 27.2 Å². The van der Waals surface area contributed by atoms with Crippen molar-refractivity contribution >= 4 is 46.3 Å². The first-order chi connectivity index (χ1) is 14.2. The SMILES string of the molecule is NC(=O)c1ccc(N(C(=O)NI)c2c(F)cccc2F)nc1-c1ccc(F)cc1F. The molecule has 0 saturated heterocycles. The summed E-state index contributed by atoms with van der Waals surface area (Å²) in [6.07, 6.45) is 0. The van der Waals surface area contributed by atoms with Crippen LogP contribution in [-0.4, -0.2) is 16.9 Å². The van der Waals surface area contributed by atoms with Crippen molar-refractivity contribution in [3.8, 4) is 11.3 Å². The minimum Gasteiger partial charge on any atom is -0.366 e. The molecular weight excluding hydrogens is 519 g/mol. The van der Waals surface area contributed by atoms with Gasteiger partial charge in [-0.05, 0) is 36.4 Å². The van der Waals surface area contributed by atoms with Gasteiger partial charge in [-0.2, -0.15) is 0 Å². The van der Waals surface area contributed by atoms with Crippen LogP contribution in [0.2, 0.25) is 0 Å². The van der Waals surface area contributed by atoms with Crippen molar-refractivity contribution in [2.75, 3.05) is 4.90 Å². The lowest BCUT2D eigenvalue weighted by molar-refractivity contribution is 0.100. The van der Waals surface area contributed by atoms with Gasteiger partial charge in [0.05, 0.1) is 34.1 Å². The summed E-state index contributed by atoms with van der Waals surface area (Å²) in [7, 11) is 0. The first kappa shape index (κ1) is 21.5. The first-order valence-electron chi connectivity index (χ1n) is 8.15. The first-order valence-corrected chi connectivity index (χ1v) is 9.23. The molecule has 1 heterocycles. The lowest BCUT2D eigenvalue weighted by Gasteiger charge is -2.23. The van der Waals surface area contributed by atoms with Gasteiger partial charge in [0, 0.05) is 11.6 Å². The number of nitrogens with one attached hydrogen (secondary N) is 1. The van der Waals surface area contributed by atoms with Gasteiger partial charge >= 0.3 is 6.03 Å². The molecule has 0 unspecified atom stereocenters. The van der Waals surface area contributed by atoms with Gasteiger partial charge in [0.2, 0.25) is 0 Å². The molecule has 0 radical (unpaired) electrons. The second kappa shape index (κ2) is 8.65. The van der Waals surface area contributed by atoms with Crippen LogP contribution >= 0.6 is 22.9 Å². The van der Waals surface area contributed by atoms with E-state index in [2.05, 4.69) is 8.51 Å². The van der Waals surface area contributed by atoms with Crippen molar-refractivity contribution in [1.82, 2.24) is 8.51 Å². The summed E-state index contributed by atoms with van der Waals surface area (Å²) in [5, 5.41) is 0. The fourth-order valence-corrected chi connectivity index (χ4v) is 2.97. The maximum Gasteiger partial charge on any atom is 0.336 e. The number of carbonyl (C=O) groups excluding carboxylic acids is 2. The number of nitrogens with zero attached hydrogens (tertiary/aromatic N) is 2. The van der Waals surface area contributed by atoms with E-state index in [1.165, 1.54) is 22.9 Å². The number of urea groups is 1. The van der Waals surface area contributed by atoms with Gasteiger partial charge < -0.3 is 5.73 Å². The maximum atomic E-state index is 14.4. The number of aromatic nitrogens is 1. The monoisotopic (exact) mass is 530 g/mol. The quantitative estimate of drug-likeness (QED) is 0.294. The predicted octanol–water partition coefficient (Wildman–Crippen LogP) is 4.60. The van der Waals surface area contributed by atoms with Crippen molar-refractivity contribution in [3.05, 3.63) is 77.4 Å². The Kier molecular flexibility index (Phi) is 6.20. The summed E-state index contributed by atoms with van der Waals surface area (Å²) in [4.78, 5) is 28.8. The van der Waals surface area contributed by atoms with Crippen LogP contribution in [0.25, 0.3) is 11.3 Å². The standard InChI is InChI=1S/C19H11F4IN4O2/c20-9-4-5-10(14(23)8-9)16-11(18(25)29)6-7-15(26-16)28(19(30)27-24)17-12(21)2-1-3-13(17)22/h1-8H,(H2,25,29)(H,27,30). The highest BCUT2D eigenvalue weighted by molar-refractivity contribution is 14.1. The molecule has 30 heavy (non-hydrogen) atoms. The van der Waals surface area contributed by atoms with Crippen LogP contribution in [0, 0.1) is 23.3 Å². The third-order valence-corrected chi connectivity index (χ3v) is 4.47. The Labute approximate surface area is 181 Å². The van der Waals surface area contributed by atoms with Crippen molar-refractivity contribution in [1.29, 1.82) is 0 Å². The molecule has 3 rings (SSSR count). The second-order valence-corrected chi connectivity index (χ2v) is 6.40. The number of primary amides is 1. The fourth-order valence-electron chi connectivity index (χ4n) is 2.72. The topological polar surface area (TPSA) is 88.3 Å². The summed E-state index contributed by atoms with van der Waals surface area (Å²) in [5.74, 6) is -5.36. The van der Waals surface area contributed by atoms with E-state index in [1.54, 1.807) is 0 Å². The zero-order chi connectivity index (χ0) is 22.0. The van der Waals surface area contributed by atoms with E-state index in [0.29, 0.717) is 11.0 Å². The van der Waals surface area contributed by atoms with E-state index in [4.69, 9.17) is 5.73 Å². The number of para-hydroxylation sites is 1. The van der Waals surface area contributed by atoms with Gasteiger partial charge in [0.1, 0.15) is 34.8 Å². The van der Waals surface area contributed by atoms with Crippen molar-refractivity contribution in [2.24, 2.45) is 5.73 Å². The number of halogens is 5. The van der Waals surface area contributed by atoms with Crippen molar-refractivity contribution in [2.45, 2.75) is 0 Å². The molecule has 6 nitrogen and oxygen atoms in total. The molecule has 11 heteroatoms. The average molecular weight is 530 g/mol. The van der Waals surface area contributed by atoms with Crippen molar-refractivity contribution in [3.63, 3.8) is 0 Å². The minimum absolute atomic E-state index is 0.243. The molecule has 0 aliphatic rings. The van der Waals surface area contributed by atoms with Gasteiger partial charge in [-0.15, -0.1) is 0 Å². The van der Waals surface area contributed by atoms with Crippen LogP contribution < -0.4 is 14.2 Å². The molecule has 3 amide bonds. The van der Waals surface area contributed by atoms with Gasteiger partial charge in [-0.3, -0.25) is 8.32 Å².